The number of fused-ring (bicyclic) bond motifs is 2. The van der Waals surface area contributed by atoms with Crippen molar-refractivity contribution < 1.29 is 9.21 Å². The van der Waals surface area contributed by atoms with Gasteiger partial charge in [0.25, 0.3) is 11.1 Å². The van der Waals surface area contributed by atoms with Crippen molar-refractivity contribution in [2.75, 3.05) is 10.7 Å². The van der Waals surface area contributed by atoms with Gasteiger partial charge >= 0.3 is 0 Å². The maximum Gasteiger partial charge on any atom is 0.277 e. The second-order valence-corrected chi connectivity index (χ2v) is 9.44. The second-order valence-electron chi connectivity index (χ2n) is 6.05. The lowest BCUT2D eigenvalue weighted by Gasteiger charge is -2.31. The van der Waals surface area contributed by atoms with Crippen LogP contribution in [0.3, 0.4) is 0 Å². The van der Waals surface area contributed by atoms with Crippen LogP contribution in [-0.2, 0) is 4.79 Å². The van der Waals surface area contributed by atoms with Crippen LogP contribution in [0.5, 0.6) is 0 Å². The lowest BCUT2D eigenvalue weighted by atomic mass is 10.2. The summed E-state index contributed by atoms with van der Waals surface area (Å²) in [5.41, 5.74) is 1.64. The molecule has 3 heterocycles. The number of aromatic nitrogens is 2. The van der Waals surface area contributed by atoms with E-state index in [1.54, 1.807) is 16.7 Å². The fraction of sp³-hybridized carbons (Fsp3) is 0.0500. The highest BCUT2D eigenvalue weighted by atomic mass is 35.5. The minimum atomic E-state index is -0.0814. The number of rotatable bonds is 4. The summed E-state index contributed by atoms with van der Waals surface area (Å²) < 4.78 is 5.68. The normalized spacial score (nSPS) is 12.5. The molecule has 0 spiro atoms. The molecule has 0 aliphatic carbocycles. The summed E-state index contributed by atoms with van der Waals surface area (Å²) in [5, 5.41) is 11.0. The Balaban J connectivity index is 1.40. The monoisotopic (exact) mass is 457 g/mol. The van der Waals surface area contributed by atoms with Gasteiger partial charge in [0.2, 0.25) is 5.91 Å². The summed E-state index contributed by atoms with van der Waals surface area (Å²) >= 11 is 10.6. The lowest BCUT2D eigenvalue weighted by Crippen LogP contribution is -2.30. The van der Waals surface area contributed by atoms with Crippen LogP contribution in [0.15, 0.2) is 79.4 Å². The van der Waals surface area contributed by atoms with Gasteiger partial charge < -0.3 is 4.42 Å². The zero-order chi connectivity index (χ0) is 19.8. The molecule has 0 N–H and O–H groups in total. The Bertz CT molecular complexity index is 1190. The van der Waals surface area contributed by atoms with Gasteiger partial charge in [-0.3, -0.25) is 9.69 Å². The number of nitrogens with zero attached hydrogens (tertiary/aromatic N) is 3. The van der Waals surface area contributed by atoms with E-state index in [2.05, 4.69) is 10.2 Å². The fourth-order valence-electron chi connectivity index (χ4n) is 2.95. The molecule has 9 heteroatoms. The third-order valence-corrected chi connectivity index (χ3v) is 7.22. The van der Waals surface area contributed by atoms with E-state index in [1.165, 1.54) is 23.1 Å². The van der Waals surface area contributed by atoms with E-state index >= 15 is 0 Å². The topological polar surface area (TPSA) is 59.2 Å². The molecule has 0 atom stereocenters. The molecule has 0 saturated heterocycles. The van der Waals surface area contributed by atoms with Crippen molar-refractivity contribution >= 4 is 63.7 Å². The van der Waals surface area contributed by atoms with Crippen LogP contribution < -0.4 is 4.90 Å². The van der Waals surface area contributed by atoms with Crippen molar-refractivity contribution in [2.45, 2.75) is 15.0 Å². The van der Waals surface area contributed by atoms with Gasteiger partial charge in [0, 0.05) is 14.8 Å². The highest BCUT2D eigenvalue weighted by Crippen LogP contribution is 2.49. The van der Waals surface area contributed by atoms with Crippen molar-refractivity contribution in [2.24, 2.45) is 0 Å². The molecule has 2 aromatic heterocycles. The van der Waals surface area contributed by atoms with Crippen molar-refractivity contribution in [3.8, 4) is 10.8 Å². The van der Waals surface area contributed by atoms with Crippen molar-refractivity contribution in [1.29, 1.82) is 0 Å². The van der Waals surface area contributed by atoms with Gasteiger partial charge in [0.1, 0.15) is 0 Å². The van der Waals surface area contributed by atoms with E-state index < -0.39 is 0 Å². The Morgan fingerprint density at radius 3 is 2.79 bits per heavy atom. The number of carbonyl (C=O) groups excluding carboxylic acids is 1. The predicted octanol–water partition coefficient (Wildman–Crippen LogP) is 6.37. The van der Waals surface area contributed by atoms with E-state index in [4.69, 9.17) is 16.0 Å². The molecule has 1 amide bonds. The van der Waals surface area contributed by atoms with E-state index in [1.807, 2.05) is 60.0 Å². The minimum absolute atomic E-state index is 0.0814. The molecule has 0 unspecified atom stereocenters. The zero-order valence-electron chi connectivity index (χ0n) is 14.7. The van der Waals surface area contributed by atoms with Crippen LogP contribution >= 0.6 is 46.5 Å². The van der Waals surface area contributed by atoms with Crippen LogP contribution in [0.1, 0.15) is 0 Å². The number of amides is 1. The molecule has 5 rings (SSSR count). The first-order chi connectivity index (χ1) is 14.2. The van der Waals surface area contributed by atoms with Crippen LogP contribution in [0.4, 0.5) is 11.4 Å². The van der Waals surface area contributed by atoms with Gasteiger partial charge in [-0.25, -0.2) is 0 Å². The molecule has 2 aromatic carbocycles. The van der Waals surface area contributed by atoms with Gasteiger partial charge in [-0.15, -0.1) is 21.5 Å². The van der Waals surface area contributed by atoms with Crippen LogP contribution in [-0.4, -0.2) is 21.9 Å². The molecule has 5 nitrogen and oxygen atoms in total. The van der Waals surface area contributed by atoms with Crippen molar-refractivity contribution in [1.82, 2.24) is 10.2 Å². The summed E-state index contributed by atoms with van der Waals surface area (Å²) in [6, 6.07) is 17.3. The van der Waals surface area contributed by atoms with Gasteiger partial charge in [-0.05, 0) is 41.8 Å². The number of thiophene rings is 1. The highest BCUT2D eigenvalue weighted by Gasteiger charge is 2.28. The SMILES string of the molecule is O=C(CSc1nnc(-c2cccs2)o1)N1c2ccccc2Sc2ccc(Cl)cc21. The molecular weight excluding hydrogens is 446 g/mol. The Morgan fingerprint density at radius 2 is 1.93 bits per heavy atom. The number of para-hydroxylation sites is 1. The van der Waals surface area contributed by atoms with Crippen LogP contribution in [0.2, 0.25) is 5.02 Å². The first-order valence-electron chi connectivity index (χ1n) is 8.58. The Labute approximate surface area is 184 Å². The average Bonchev–Trinajstić information content (AvgIpc) is 3.42. The third-order valence-electron chi connectivity index (χ3n) is 4.19. The molecule has 0 fully saturated rings. The Hall–Kier alpha value is -2.26. The summed E-state index contributed by atoms with van der Waals surface area (Å²) in [6.07, 6.45) is 0. The van der Waals surface area contributed by atoms with Gasteiger partial charge in [0.15, 0.2) is 0 Å². The number of carbonyl (C=O) groups is 1. The first kappa shape index (κ1) is 18.7. The van der Waals surface area contributed by atoms with Crippen LogP contribution in [0, 0.1) is 0 Å². The Kier molecular flexibility index (Phi) is 5.09. The molecule has 4 aromatic rings. The standard InChI is InChI=1S/C20H12ClN3O2S3/c21-12-7-8-16-14(10-12)24(13-4-1-2-5-15(13)29-16)18(25)11-28-20-23-22-19(26-20)17-6-3-9-27-17/h1-10H,11H2. The van der Waals surface area contributed by atoms with E-state index in [9.17, 15) is 4.79 Å². The summed E-state index contributed by atoms with van der Waals surface area (Å²) in [5.74, 6) is 0.547. The second kappa shape index (κ2) is 7.87. The van der Waals surface area contributed by atoms with Crippen LogP contribution in [0.25, 0.3) is 10.8 Å². The van der Waals surface area contributed by atoms with E-state index in [0.717, 1.165) is 26.0 Å². The summed E-state index contributed by atoms with van der Waals surface area (Å²) in [6.45, 7) is 0. The molecule has 29 heavy (non-hydrogen) atoms. The number of thioether (sulfide) groups is 1. The number of hydrogen-bond acceptors (Lipinski definition) is 7. The largest absolute Gasteiger partial charge is 0.410 e. The molecule has 0 radical (unpaired) electrons. The van der Waals surface area contributed by atoms with E-state index in [-0.39, 0.29) is 11.7 Å². The highest BCUT2D eigenvalue weighted by molar-refractivity contribution is 8.00. The maximum absolute atomic E-state index is 13.2. The molecule has 0 saturated carbocycles. The molecule has 1 aliphatic heterocycles. The lowest BCUT2D eigenvalue weighted by molar-refractivity contribution is -0.115. The fourth-order valence-corrected chi connectivity index (χ4v) is 5.41. The molecule has 144 valence electrons. The van der Waals surface area contributed by atoms with Gasteiger partial charge in [-0.2, -0.15) is 0 Å². The number of halogens is 1. The van der Waals surface area contributed by atoms with Gasteiger partial charge in [0.05, 0.1) is 22.0 Å². The van der Waals surface area contributed by atoms with Crippen molar-refractivity contribution in [3.05, 3.63) is 65.0 Å². The molecule has 1 aliphatic rings. The van der Waals surface area contributed by atoms with Gasteiger partial charge in [-0.1, -0.05) is 53.3 Å². The Morgan fingerprint density at radius 1 is 1.07 bits per heavy atom. The number of anilines is 2. The van der Waals surface area contributed by atoms with Crippen molar-refractivity contribution in [3.63, 3.8) is 0 Å². The first-order valence-corrected chi connectivity index (χ1v) is 11.6. The average molecular weight is 458 g/mol. The molecular formula is C20H12ClN3O2S3. The smallest absolute Gasteiger partial charge is 0.277 e. The maximum atomic E-state index is 13.2. The summed E-state index contributed by atoms with van der Waals surface area (Å²) in [4.78, 5) is 17.8. The minimum Gasteiger partial charge on any atom is -0.410 e. The summed E-state index contributed by atoms with van der Waals surface area (Å²) in [7, 11) is 0. The predicted molar refractivity (Wildman–Crippen MR) is 117 cm³/mol. The number of hydrogen-bond donors (Lipinski definition) is 0. The number of benzene rings is 2. The quantitative estimate of drug-likeness (QED) is 0.332. The van der Waals surface area contributed by atoms with E-state index in [0.29, 0.717) is 16.1 Å². The zero-order valence-corrected chi connectivity index (χ0v) is 17.9. The third kappa shape index (κ3) is 3.69. The molecule has 0 bridgehead atoms.